The molecule has 0 fully saturated rings. The van der Waals surface area contributed by atoms with Crippen LogP contribution in [0.5, 0.6) is 0 Å². The van der Waals surface area contributed by atoms with Crippen molar-refractivity contribution in [1.82, 2.24) is 14.5 Å². The topological polar surface area (TPSA) is 81.2 Å². The number of nitrogens with zero attached hydrogens (tertiary/aromatic N) is 3. The van der Waals surface area contributed by atoms with Gasteiger partial charge in [0, 0.05) is 31.5 Å². The third kappa shape index (κ3) is 2.98. The number of carbonyl (C=O) groups is 2. The molecule has 2 aromatic rings. The van der Waals surface area contributed by atoms with E-state index in [1.165, 1.54) is 10.9 Å². The van der Waals surface area contributed by atoms with Crippen LogP contribution in [0.15, 0.2) is 43.0 Å². The van der Waals surface area contributed by atoms with E-state index in [0.29, 0.717) is 12.1 Å². The van der Waals surface area contributed by atoms with Gasteiger partial charge in [-0.25, -0.2) is 9.78 Å². The van der Waals surface area contributed by atoms with Gasteiger partial charge in [-0.3, -0.25) is 9.36 Å². The number of carbonyl (C=O) groups excluding carboxylic acids is 2. The first-order chi connectivity index (χ1) is 9.08. The van der Waals surface area contributed by atoms with Crippen molar-refractivity contribution < 1.29 is 9.59 Å². The number of benzene rings is 1. The van der Waals surface area contributed by atoms with Crippen LogP contribution in [0.1, 0.15) is 15.9 Å². The fourth-order valence-corrected chi connectivity index (χ4v) is 1.69. The second kappa shape index (κ2) is 5.34. The fourth-order valence-electron chi connectivity index (χ4n) is 1.69. The molecule has 0 aliphatic heterocycles. The Morgan fingerprint density at radius 2 is 2.00 bits per heavy atom. The fraction of sp³-hybridized carbons (Fsp3) is 0.154. The number of hydrogen-bond donors (Lipinski definition) is 1. The molecular formula is C13H14N4O2. The second-order valence-electron chi connectivity index (χ2n) is 4.17. The van der Waals surface area contributed by atoms with Crippen molar-refractivity contribution in [1.29, 1.82) is 0 Å². The first-order valence-corrected chi connectivity index (χ1v) is 5.70. The largest absolute Gasteiger partial charge is 0.366 e. The molecule has 0 unspecified atom stereocenters. The minimum atomic E-state index is -0.464. The lowest BCUT2D eigenvalue weighted by Gasteiger charge is -2.17. The molecule has 2 rings (SSSR count). The standard InChI is InChI=1S/C13H14N4O2/c1-16(13(19)17-7-6-15-9-17)8-10-2-4-11(5-3-10)12(14)18/h2-7,9H,8H2,1H3,(H2,14,18). The highest BCUT2D eigenvalue weighted by Gasteiger charge is 2.11. The van der Waals surface area contributed by atoms with Crippen molar-refractivity contribution in [3.8, 4) is 0 Å². The molecule has 1 aromatic heterocycles. The highest BCUT2D eigenvalue weighted by Crippen LogP contribution is 2.07. The lowest BCUT2D eigenvalue weighted by atomic mass is 10.1. The molecule has 98 valence electrons. The summed E-state index contributed by atoms with van der Waals surface area (Å²) >= 11 is 0. The normalized spacial score (nSPS) is 10.2. The Kier molecular flexibility index (Phi) is 3.61. The minimum absolute atomic E-state index is 0.170. The number of primary amides is 1. The SMILES string of the molecule is CN(Cc1ccc(C(N)=O)cc1)C(=O)n1ccnc1. The average Bonchev–Trinajstić information content (AvgIpc) is 2.92. The van der Waals surface area contributed by atoms with Crippen LogP contribution in [-0.4, -0.2) is 33.4 Å². The van der Waals surface area contributed by atoms with Crippen molar-refractivity contribution in [2.24, 2.45) is 5.73 Å². The van der Waals surface area contributed by atoms with E-state index in [9.17, 15) is 9.59 Å². The maximum atomic E-state index is 12.0. The summed E-state index contributed by atoms with van der Waals surface area (Å²) in [6.07, 6.45) is 4.59. The van der Waals surface area contributed by atoms with E-state index in [1.54, 1.807) is 48.6 Å². The highest BCUT2D eigenvalue weighted by atomic mass is 16.2. The van der Waals surface area contributed by atoms with E-state index in [0.717, 1.165) is 5.56 Å². The van der Waals surface area contributed by atoms with Gasteiger partial charge in [0.05, 0.1) is 0 Å². The molecule has 0 spiro atoms. The average molecular weight is 258 g/mol. The van der Waals surface area contributed by atoms with Gasteiger partial charge in [-0.05, 0) is 17.7 Å². The number of nitrogens with two attached hydrogens (primary N) is 1. The molecule has 2 amide bonds. The molecule has 2 N–H and O–H groups in total. The van der Waals surface area contributed by atoms with Crippen molar-refractivity contribution in [3.05, 3.63) is 54.1 Å². The Bertz CT molecular complexity index is 575. The van der Waals surface area contributed by atoms with Crippen molar-refractivity contribution in [2.75, 3.05) is 7.05 Å². The van der Waals surface area contributed by atoms with Gasteiger partial charge in [0.15, 0.2) is 0 Å². The van der Waals surface area contributed by atoms with E-state index in [1.807, 2.05) is 0 Å². The molecule has 6 heteroatoms. The van der Waals surface area contributed by atoms with Gasteiger partial charge in [-0.15, -0.1) is 0 Å². The van der Waals surface area contributed by atoms with Crippen molar-refractivity contribution in [2.45, 2.75) is 6.54 Å². The molecule has 0 radical (unpaired) electrons. The predicted octanol–water partition coefficient (Wildman–Crippen LogP) is 1.08. The molecule has 6 nitrogen and oxygen atoms in total. The number of amides is 2. The lowest BCUT2D eigenvalue weighted by molar-refractivity contribution is 0.1000. The van der Waals surface area contributed by atoms with Gasteiger partial charge in [-0.2, -0.15) is 0 Å². The summed E-state index contributed by atoms with van der Waals surface area (Å²) in [6, 6.07) is 6.67. The molecule has 1 heterocycles. The van der Waals surface area contributed by atoms with Crippen molar-refractivity contribution in [3.63, 3.8) is 0 Å². The van der Waals surface area contributed by atoms with Gasteiger partial charge in [-0.1, -0.05) is 12.1 Å². The summed E-state index contributed by atoms with van der Waals surface area (Å²) in [4.78, 5) is 28.3. The zero-order valence-electron chi connectivity index (χ0n) is 10.5. The van der Waals surface area contributed by atoms with Crippen molar-refractivity contribution >= 4 is 11.9 Å². The summed E-state index contributed by atoms with van der Waals surface area (Å²) in [6.45, 7) is 0.441. The van der Waals surface area contributed by atoms with E-state index in [4.69, 9.17) is 5.73 Å². The van der Waals surface area contributed by atoms with Gasteiger partial charge >= 0.3 is 6.03 Å². The Labute approximate surface area is 110 Å². The molecule has 0 atom stereocenters. The molecule has 19 heavy (non-hydrogen) atoms. The molecule has 0 aliphatic rings. The van der Waals surface area contributed by atoms with Crippen LogP contribution >= 0.6 is 0 Å². The van der Waals surface area contributed by atoms with Crippen LogP contribution < -0.4 is 5.73 Å². The summed E-state index contributed by atoms with van der Waals surface area (Å²) in [7, 11) is 1.70. The Morgan fingerprint density at radius 1 is 1.32 bits per heavy atom. The third-order valence-corrected chi connectivity index (χ3v) is 2.71. The van der Waals surface area contributed by atoms with Crippen LogP contribution in [0.25, 0.3) is 0 Å². The lowest BCUT2D eigenvalue weighted by Crippen LogP contribution is -2.29. The molecule has 0 saturated carbocycles. The van der Waals surface area contributed by atoms with Gasteiger partial charge < -0.3 is 10.6 Å². The molecule has 0 saturated heterocycles. The number of rotatable bonds is 3. The number of hydrogen-bond acceptors (Lipinski definition) is 3. The Balaban J connectivity index is 2.04. The minimum Gasteiger partial charge on any atom is -0.366 e. The number of aromatic nitrogens is 2. The first kappa shape index (κ1) is 12.8. The monoisotopic (exact) mass is 258 g/mol. The van der Waals surface area contributed by atoms with E-state index >= 15 is 0 Å². The van der Waals surface area contributed by atoms with Crippen LogP contribution in [0, 0.1) is 0 Å². The highest BCUT2D eigenvalue weighted by molar-refractivity contribution is 5.92. The predicted molar refractivity (Wildman–Crippen MR) is 69.4 cm³/mol. The quantitative estimate of drug-likeness (QED) is 0.894. The Hall–Kier alpha value is -2.63. The molecule has 0 aliphatic carbocycles. The summed E-state index contributed by atoms with van der Waals surface area (Å²) in [5, 5.41) is 0. The van der Waals surface area contributed by atoms with E-state index < -0.39 is 5.91 Å². The first-order valence-electron chi connectivity index (χ1n) is 5.70. The summed E-state index contributed by atoms with van der Waals surface area (Å²) in [5.74, 6) is -0.464. The van der Waals surface area contributed by atoms with Gasteiger partial charge in [0.2, 0.25) is 5.91 Å². The molecule has 1 aromatic carbocycles. The van der Waals surface area contributed by atoms with E-state index in [-0.39, 0.29) is 6.03 Å². The zero-order chi connectivity index (χ0) is 13.8. The summed E-state index contributed by atoms with van der Waals surface area (Å²) in [5.41, 5.74) is 6.53. The summed E-state index contributed by atoms with van der Waals surface area (Å²) < 4.78 is 1.40. The molecule has 0 bridgehead atoms. The van der Waals surface area contributed by atoms with Crippen LogP contribution in [0.2, 0.25) is 0 Å². The van der Waals surface area contributed by atoms with Crippen LogP contribution in [0.4, 0.5) is 4.79 Å². The van der Waals surface area contributed by atoms with E-state index in [2.05, 4.69) is 4.98 Å². The Morgan fingerprint density at radius 3 is 2.53 bits per heavy atom. The van der Waals surface area contributed by atoms with Crippen LogP contribution in [-0.2, 0) is 6.54 Å². The maximum Gasteiger partial charge on any atom is 0.329 e. The van der Waals surface area contributed by atoms with Gasteiger partial charge in [0.25, 0.3) is 0 Å². The van der Waals surface area contributed by atoms with Crippen LogP contribution in [0.3, 0.4) is 0 Å². The molecular weight excluding hydrogens is 244 g/mol. The smallest absolute Gasteiger partial charge is 0.329 e. The van der Waals surface area contributed by atoms with Gasteiger partial charge in [0.1, 0.15) is 6.33 Å². The third-order valence-electron chi connectivity index (χ3n) is 2.71. The second-order valence-corrected chi connectivity index (χ2v) is 4.17. The number of imidazole rings is 1. The maximum absolute atomic E-state index is 12.0. The zero-order valence-corrected chi connectivity index (χ0v) is 10.5.